The maximum Gasteiger partial charge on any atom is 0.217 e. The Morgan fingerprint density at radius 1 is 0.220 bits per heavy atom. The molecule has 6 amide bonds. The van der Waals surface area contributed by atoms with Crippen LogP contribution in [0, 0.1) is 0 Å². The standard InChI is InChI=1S/C66H110N6O46/c1-16(80)67-31-47(96)52(27(12-78)104-58(31)101)113-63-36(72-21(6)85)48(97)53(28(13-79)110-63)114-64-51(100)55(116-66-57(49(98)41(90)26(11-77)109-66)118-62-35(71-20(5)84)46(95)40(89)25(10-76)108-62)54(115-60-33(69-18(3)82)44(93)38(87)23(8-74)106-60)30(112-64)15-103-65-56(117-61-34(70-19(4)83)45(94)39(88)24(9-75)107-61)50(99)42(91)29(111-65)14-102-59-32(68-17(2)81)43(92)37(86)22(7-73)105-59/h22-66,73-79,86-101H,7-15H2,1-6H3,(H,67,80)(H,68,81)(H,69,82)(H,70,83)(H,71,84)(H,72,85)/t22-,23-,24-,25-,26-,27-,28-,29-,30-,31-,32-,33-,34-,35-,36-,37-,38-,39-,40-,41-,42-,43-,44-,45-,46-,47-,48-,49+,50+,51+,52-,53-,54-,55-,56+,57+,58?,59-,60+,61+,62+,63+,64+,65+,66-/m1/s1. The minimum atomic E-state index is -2.73. The second-order valence-electron chi connectivity index (χ2n) is 29.7. The van der Waals surface area contributed by atoms with Crippen molar-refractivity contribution in [2.45, 2.75) is 318 Å². The summed E-state index contributed by atoms with van der Waals surface area (Å²) in [7, 11) is 0. The van der Waals surface area contributed by atoms with E-state index < -0.39 is 371 Å². The summed E-state index contributed by atoms with van der Waals surface area (Å²) in [4.78, 5) is 76.6. The van der Waals surface area contributed by atoms with Gasteiger partial charge >= 0.3 is 0 Å². The fraction of sp³-hybridized carbons (Fsp3) is 0.909. The van der Waals surface area contributed by atoms with Crippen LogP contribution in [0.2, 0.25) is 0 Å². The van der Waals surface area contributed by atoms with Gasteiger partial charge in [-0.1, -0.05) is 0 Å². The lowest BCUT2D eigenvalue weighted by Gasteiger charge is -2.52. The highest BCUT2D eigenvalue weighted by Crippen LogP contribution is 2.41. The molecule has 1 unspecified atom stereocenters. The quantitative estimate of drug-likeness (QED) is 0.0306. The Bertz CT molecular complexity index is 3230. The van der Waals surface area contributed by atoms with E-state index in [1.54, 1.807) is 0 Å². The van der Waals surface area contributed by atoms with Crippen molar-refractivity contribution in [2.24, 2.45) is 0 Å². The zero-order chi connectivity index (χ0) is 87.1. The third-order valence-electron chi connectivity index (χ3n) is 21.1. The van der Waals surface area contributed by atoms with Gasteiger partial charge in [0.2, 0.25) is 35.4 Å². The molecule has 9 rings (SSSR count). The lowest BCUT2D eigenvalue weighted by Crippen LogP contribution is -2.71. The zero-order valence-corrected chi connectivity index (χ0v) is 64.0. The zero-order valence-electron chi connectivity index (χ0n) is 64.0. The van der Waals surface area contributed by atoms with Gasteiger partial charge in [0.1, 0.15) is 219 Å². The molecule has 0 radical (unpaired) electrons. The normalized spacial score (nSPS) is 46.9. The molecule has 0 bridgehead atoms. The van der Waals surface area contributed by atoms with Gasteiger partial charge in [-0.05, 0) is 0 Å². The molecular formula is C66H110N6O46. The number of hydrogen-bond donors (Lipinski definition) is 29. The summed E-state index contributed by atoms with van der Waals surface area (Å²) < 4.78 is 104. The van der Waals surface area contributed by atoms with Gasteiger partial charge in [0, 0.05) is 41.5 Å². The van der Waals surface area contributed by atoms with Gasteiger partial charge in [-0.2, -0.15) is 0 Å². The number of ether oxygens (including phenoxy) is 17. The van der Waals surface area contributed by atoms with Gasteiger partial charge in [-0.25, -0.2) is 0 Å². The number of amides is 6. The van der Waals surface area contributed by atoms with Crippen LogP contribution in [0.15, 0.2) is 0 Å². The number of carbonyl (C=O) groups excluding carboxylic acids is 6. The molecule has 9 aliphatic rings. The maximum atomic E-state index is 13.3. The third-order valence-corrected chi connectivity index (χ3v) is 21.1. The van der Waals surface area contributed by atoms with Crippen LogP contribution in [0.3, 0.4) is 0 Å². The van der Waals surface area contributed by atoms with Crippen LogP contribution >= 0.6 is 0 Å². The molecule has 118 heavy (non-hydrogen) atoms. The molecule has 0 aromatic heterocycles. The first kappa shape index (κ1) is 97.0. The molecule has 45 atom stereocenters. The lowest BCUT2D eigenvalue weighted by molar-refractivity contribution is -0.407. The van der Waals surface area contributed by atoms with Gasteiger partial charge in [-0.15, -0.1) is 0 Å². The van der Waals surface area contributed by atoms with Crippen LogP contribution < -0.4 is 31.9 Å². The summed E-state index contributed by atoms with van der Waals surface area (Å²) in [6.45, 7) is -4.46. The number of carbonyl (C=O) groups is 6. The van der Waals surface area contributed by atoms with E-state index in [1.165, 1.54) is 0 Å². The van der Waals surface area contributed by atoms with E-state index >= 15 is 0 Å². The maximum absolute atomic E-state index is 13.3. The van der Waals surface area contributed by atoms with Crippen molar-refractivity contribution >= 4 is 35.4 Å². The van der Waals surface area contributed by atoms with E-state index in [0.717, 1.165) is 41.5 Å². The summed E-state index contributed by atoms with van der Waals surface area (Å²) in [6.07, 6.45) is -84.0. The fourth-order valence-corrected chi connectivity index (χ4v) is 15.2. The number of rotatable bonds is 31. The van der Waals surface area contributed by atoms with Crippen molar-refractivity contribution in [1.82, 2.24) is 31.9 Å². The molecule has 0 aliphatic carbocycles. The predicted octanol–water partition coefficient (Wildman–Crippen LogP) is -19.8. The molecule has 680 valence electrons. The van der Waals surface area contributed by atoms with Crippen molar-refractivity contribution in [3.05, 3.63) is 0 Å². The monoisotopic (exact) mass is 1720 g/mol. The molecule has 9 heterocycles. The van der Waals surface area contributed by atoms with Gasteiger partial charge in [0.15, 0.2) is 56.6 Å². The Labute approximate surface area is 669 Å². The summed E-state index contributed by atoms with van der Waals surface area (Å²) in [5.41, 5.74) is 0. The predicted molar refractivity (Wildman–Crippen MR) is 367 cm³/mol. The Morgan fingerprint density at radius 3 is 0.856 bits per heavy atom. The average molecular weight is 1720 g/mol. The topological polar surface area (TPSA) is 797 Å². The average Bonchev–Trinajstić information content (AvgIpc) is 0.759. The molecule has 52 heteroatoms. The van der Waals surface area contributed by atoms with Crippen molar-refractivity contribution in [2.75, 3.05) is 59.5 Å². The van der Waals surface area contributed by atoms with Crippen LogP contribution in [0.5, 0.6) is 0 Å². The minimum absolute atomic E-state index is 0.812. The van der Waals surface area contributed by atoms with E-state index in [0.29, 0.717) is 0 Å². The second kappa shape index (κ2) is 42.7. The summed E-state index contributed by atoms with van der Waals surface area (Å²) in [6, 6.07) is -11.1. The Kier molecular flexibility index (Phi) is 35.1. The van der Waals surface area contributed by atoms with Crippen molar-refractivity contribution < 1.29 is 227 Å². The highest BCUT2D eigenvalue weighted by Gasteiger charge is 2.62. The Balaban J connectivity index is 1.20. The van der Waals surface area contributed by atoms with Crippen LogP contribution in [-0.2, 0) is 109 Å². The minimum Gasteiger partial charge on any atom is -0.394 e. The molecule has 9 aliphatic heterocycles. The molecule has 0 aromatic rings. The molecule has 9 saturated heterocycles. The Morgan fingerprint density at radius 2 is 0.466 bits per heavy atom. The first-order chi connectivity index (χ1) is 55.8. The molecule has 0 spiro atoms. The first-order valence-corrected chi connectivity index (χ1v) is 37.6. The molecule has 0 aromatic carbocycles. The number of hydrogen-bond acceptors (Lipinski definition) is 46. The summed E-state index contributed by atoms with van der Waals surface area (Å²) >= 11 is 0. The van der Waals surface area contributed by atoms with Crippen LogP contribution in [-0.4, -0.2) is 488 Å². The molecule has 9 fully saturated rings. The molecule has 0 saturated carbocycles. The number of nitrogens with one attached hydrogen (secondary N) is 6. The van der Waals surface area contributed by atoms with E-state index in [4.69, 9.17) is 80.5 Å². The van der Waals surface area contributed by atoms with Crippen LogP contribution in [0.4, 0.5) is 0 Å². The SMILES string of the molecule is CC(=O)N[C@H]1[C@H](O[C@H]2[C@H](O)[C@@H](NC(C)=O)C(O)O[C@@H]2CO)O[C@H](CO)[C@@H](O[C@@H]2O[C@H](CO[C@H]3O[C@H](CO[C@@H]4O[C@H](CO)[C@@H](O)[C@H](O)[C@H]4NC(C)=O)[C@@H](O)[C@H](O)[C@@H]3O[C@@H]3O[C@H](CO)[C@@H](O)[C@H](O)[C@H]3NC(C)=O)[C@@H](O[C@@H]3O[C@H](CO)[C@@H](O)[C@H](O)[C@H]3NC(C)=O)[C@H](O[C@H]3O[C@H](CO)[C@@H](O)[C@H](O)[C@@H]3O[C@@H]3O[C@H](CO)[C@@H](O)[C@H](O)[C@H]3NC(C)=O)[C@@H]2O)[C@@H]1O. The highest BCUT2D eigenvalue weighted by atomic mass is 16.8. The van der Waals surface area contributed by atoms with E-state index in [-0.39, 0.29) is 0 Å². The van der Waals surface area contributed by atoms with Crippen molar-refractivity contribution in [3.8, 4) is 0 Å². The first-order valence-electron chi connectivity index (χ1n) is 37.6. The fourth-order valence-electron chi connectivity index (χ4n) is 15.2. The molecular weight excluding hydrogens is 1610 g/mol. The van der Waals surface area contributed by atoms with Crippen LogP contribution in [0.1, 0.15) is 41.5 Å². The highest BCUT2D eigenvalue weighted by molar-refractivity contribution is 5.75. The second-order valence-corrected chi connectivity index (χ2v) is 29.7. The smallest absolute Gasteiger partial charge is 0.217 e. The van der Waals surface area contributed by atoms with E-state index in [1.807, 2.05) is 0 Å². The lowest BCUT2D eigenvalue weighted by atomic mass is 9.93. The van der Waals surface area contributed by atoms with E-state index in [2.05, 4.69) is 31.9 Å². The summed E-state index contributed by atoms with van der Waals surface area (Å²) in [5, 5.41) is 274. The largest absolute Gasteiger partial charge is 0.394 e. The van der Waals surface area contributed by atoms with E-state index in [9.17, 15) is 146 Å². The molecule has 52 nitrogen and oxygen atoms in total. The summed E-state index contributed by atoms with van der Waals surface area (Å²) in [5.74, 6) is -5.46. The van der Waals surface area contributed by atoms with Gasteiger partial charge < -0.3 is 230 Å². The Hall–Kier alpha value is -4.78. The van der Waals surface area contributed by atoms with Crippen molar-refractivity contribution in [3.63, 3.8) is 0 Å². The van der Waals surface area contributed by atoms with Gasteiger partial charge in [0.25, 0.3) is 0 Å². The number of aliphatic hydroxyl groups excluding tert-OH is 23. The molecule has 29 N–H and O–H groups in total. The van der Waals surface area contributed by atoms with Gasteiger partial charge in [-0.3, -0.25) is 28.8 Å². The van der Waals surface area contributed by atoms with Gasteiger partial charge in [0.05, 0.1) is 59.5 Å². The van der Waals surface area contributed by atoms with Crippen LogP contribution in [0.25, 0.3) is 0 Å². The van der Waals surface area contributed by atoms with Crippen molar-refractivity contribution in [1.29, 1.82) is 0 Å². The third kappa shape index (κ3) is 22.1. The number of aliphatic hydroxyl groups is 23.